The van der Waals surface area contributed by atoms with Crippen molar-refractivity contribution in [2.45, 2.75) is 99.3 Å². The molecule has 0 bridgehead atoms. The van der Waals surface area contributed by atoms with E-state index >= 15 is 0 Å². The van der Waals surface area contributed by atoms with E-state index in [0.29, 0.717) is 0 Å². The van der Waals surface area contributed by atoms with Crippen LogP contribution in [0.1, 0.15) is 94.9 Å². The van der Waals surface area contributed by atoms with Crippen LogP contribution in [0.25, 0.3) is 0 Å². The summed E-state index contributed by atoms with van der Waals surface area (Å²) in [6.07, 6.45) is 11.1. The zero-order valence-corrected chi connectivity index (χ0v) is 33.7. The Balaban J connectivity index is -0.000000654. The second-order valence-electron chi connectivity index (χ2n) is 9.92. The van der Waals surface area contributed by atoms with Gasteiger partial charge in [0.25, 0.3) is 0 Å². The van der Waals surface area contributed by atoms with Crippen molar-refractivity contribution in [2.24, 2.45) is 20.0 Å². The van der Waals surface area contributed by atoms with Crippen molar-refractivity contribution in [1.82, 2.24) is 0 Å². The summed E-state index contributed by atoms with van der Waals surface area (Å²) in [5.41, 5.74) is 10.2. The first-order valence-electron chi connectivity index (χ1n) is 15.1. The van der Waals surface area contributed by atoms with E-state index in [1.807, 2.05) is 28.2 Å². The number of nitrogens with zero attached hydrogens (tertiary/aromatic N) is 4. The number of aliphatic imine (C=N–C) groups is 4. The van der Waals surface area contributed by atoms with Gasteiger partial charge in [-0.1, -0.05) is 80.9 Å². The van der Waals surface area contributed by atoms with Crippen LogP contribution in [-0.4, -0.2) is 56.4 Å². The average Bonchev–Trinajstić information content (AvgIpc) is 3.03. The Hall–Kier alpha value is -0.846. The third kappa shape index (κ3) is 25.9. The summed E-state index contributed by atoms with van der Waals surface area (Å²) in [4.78, 5) is 17.4. The Bertz CT molecular complexity index is 1000. The van der Waals surface area contributed by atoms with E-state index < -0.39 is 0 Å². The van der Waals surface area contributed by atoms with Gasteiger partial charge in [0.05, 0.1) is 28.2 Å². The van der Waals surface area contributed by atoms with Crippen molar-refractivity contribution < 1.29 is 10.9 Å². The number of rotatable bonds is 14. The molecule has 0 spiro atoms. The van der Waals surface area contributed by atoms with Gasteiger partial charge in [-0.15, -0.1) is 23.2 Å². The zero-order valence-electron chi connectivity index (χ0n) is 28.0. The van der Waals surface area contributed by atoms with Crippen molar-refractivity contribution >= 4 is 74.5 Å². The number of alkyl halides is 2. The minimum absolute atomic E-state index is 0. The van der Waals surface area contributed by atoms with Gasteiger partial charge in [0, 0.05) is 28.2 Å². The van der Waals surface area contributed by atoms with Gasteiger partial charge in [-0.25, -0.2) is 0 Å². The van der Waals surface area contributed by atoms with Crippen LogP contribution in [0.5, 0.6) is 0 Å². The van der Waals surface area contributed by atoms with Crippen LogP contribution in [0.4, 0.5) is 0 Å². The number of hydrogen-bond acceptors (Lipinski definition) is 4. The summed E-state index contributed by atoms with van der Waals surface area (Å²) >= 11 is 15.5. The van der Waals surface area contributed by atoms with E-state index in [0.717, 1.165) is 49.9 Å². The number of aryl methyl sites for hydroxylation is 4. The van der Waals surface area contributed by atoms with E-state index in [4.69, 9.17) is 23.2 Å². The summed E-state index contributed by atoms with van der Waals surface area (Å²) < 4.78 is 0. The topological polar surface area (TPSA) is 49.4 Å². The molecule has 0 aromatic heterocycles. The molecule has 0 aliphatic heterocycles. The molecule has 0 radical (unpaired) electrons. The van der Waals surface area contributed by atoms with Crippen LogP contribution in [0.3, 0.4) is 0 Å². The van der Waals surface area contributed by atoms with Gasteiger partial charge in [0.1, 0.15) is 0 Å². The first-order chi connectivity index (χ1) is 21.2. The van der Waals surface area contributed by atoms with Crippen molar-refractivity contribution in [2.75, 3.05) is 33.5 Å². The van der Waals surface area contributed by atoms with E-state index in [-0.39, 0.29) is 12.8 Å². The molecule has 2 rings (SSSR count). The predicted molar refractivity (Wildman–Crippen MR) is 213 cm³/mol. The van der Waals surface area contributed by atoms with Gasteiger partial charge in [0.15, 0.2) is 0 Å². The molecule has 9 heteroatoms. The van der Waals surface area contributed by atoms with Gasteiger partial charge < -0.3 is 0 Å². The number of unbranched alkanes of at least 4 members (excludes halogenated alkanes) is 2. The monoisotopic (exact) mass is 832 g/mol. The van der Waals surface area contributed by atoms with Crippen LogP contribution in [0.2, 0.25) is 0 Å². The first-order valence-corrected chi connectivity index (χ1v) is 21.1. The van der Waals surface area contributed by atoms with Gasteiger partial charge in [-0.3, -0.25) is 20.0 Å². The zero-order chi connectivity index (χ0) is 33.6. The van der Waals surface area contributed by atoms with E-state index in [1.54, 1.807) is 0 Å². The second kappa shape index (κ2) is 34.5. The summed E-state index contributed by atoms with van der Waals surface area (Å²) in [5, 5.41) is 0.194. The van der Waals surface area contributed by atoms with E-state index in [1.165, 1.54) is 70.3 Å². The normalized spacial score (nSPS) is 11.7. The fourth-order valence-corrected chi connectivity index (χ4v) is 4.51. The molecule has 0 heterocycles. The van der Waals surface area contributed by atoms with E-state index in [2.05, 4.69) is 125 Å². The molecule has 0 aliphatic carbocycles. The molecule has 0 atom stereocenters. The molecule has 2 aromatic rings. The van der Waals surface area contributed by atoms with Crippen LogP contribution in [0, 0.1) is 13.8 Å². The Morgan fingerprint density at radius 2 is 0.844 bits per heavy atom. The standard InChI is InChI=1S/2C17H26N2.CH2Cl2.CH4.2BrH.Ni/c2*1-5-16(18-3)17(19-4)9-7-6-8-15-12-10-14(2)11-13-15;2-1-3;;;;/h2*10-13H,5-9H2,1-4H3;1H2;1H4;2*1H;/q;;;;;;+2/p-2. The average molecular weight is 836 g/mol. The summed E-state index contributed by atoms with van der Waals surface area (Å²) in [6, 6.07) is 17.7. The molecule has 0 amide bonds. The van der Waals surface area contributed by atoms with Crippen LogP contribution >= 0.6 is 51.7 Å². The molecule has 0 N–H and O–H groups in total. The quantitative estimate of drug-likeness (QED) is 0.0788. The van der Waals surface area contributed by atoms with Gasteiger partial charge in [0.2, 0.25) is 0 Å². The first kappa shape index (κ1) is 48.5. The third-order valence-electron chi connectivity index (χ3n) is 6.91. The third-order valence-corrected chi connectivity index (χ3v) is 6.91. The molecule has 0 aliphatic rings. The SMILES string of the molecule is C.CCC(=NC)C(CCCCc1ccc(C)cc1)=NC.CCC(=NC)C(CCCCc1ccc(C)cc1)=NC.ClCCl.[Br][Ni][Br]. The van der Waals surface area contributed by atoms with E-state index in [9.17, 15) is 0 Å². The van der Waals surface area contributed by atoms with Gasteiger partial charge in [-0.2, -0.15) is 0 Å². The van der Waals surface area contributed by atoms with Crippen LogP contribution in [0.15, 0.2) is 68.5 Å². The Kier molecular flexibility index (Phi) is 37.2. The molecule has 0 fully saturated rings. The molecule has 0 saturated heterocycles. The molecule has 45 heavy (non-hydrogen) atoms. The fourth-order valence-electron chi connectivity index (χ4n) is 4.51. The molecule has 4 nitrogen and oxygen atoms in total. The van der Waals surface area contributed by atoms with Crippen molar-refractivity contribution in [3.05, 3.63) is 70.8 Å². The number of hydrogen-bond donors (Lipinski definition) is 0. The molecular formula is C36H58Br2Cl2N4Ni. The number of halogens is 4. The van der Waals surface area contributed by atoms with Crippen molar-refractivity contribution in [3.8, 4) is 0 Å². The molecule has 260 valence electrons. The van der Waals surface area contributed by atoms with Crippen LogP contribution < -0.4 is 0 Å². The Labute approximate surface area is 306 Å². The minimum atomic E-state index is 0. The predicted octanol–water partition coefficient (Wildman–Crippen LogP) is 12.3. The maximum atomic E-state index is 4.76. The van der Waals surface area contributed by atoms with Crippen LogP contribution in [-0.2, 0) is 23.7 Å². The van der Waals surface area contributed by atoms with Gasteiger partial charge in [-0.05, 0) is 89.2 Å². The summed E-state index contributed by atoms with van der Waals surface area (Å²) in [6.45, 7) is 8.54. The maximum absolute atomic E-state index is 4.76. The second-order valence-corrected chi connectivity index (χ2v) is 15.7. The Morgan fingerprint density at radius 1 is 0.578 bits per heavy atom. The summed E-state index contributed by atoms with van der Waals surface area (Å²) in [5.74, 6) is 0. The molecule has 2 aromatic carbocycles. The van der Waals surface area contributed by atoms with Crippen molar-refractivity contribution in [3.63, 3.8) is 0 Å². The molecular weight excluding hydrogens is 778 g/mol. The molecule has 0 unspecified atom stereocenters. The van der Waals surface area contributed by atoms with Crippen molar-refractivity contribution in [1.29, 1.82) is 0 Å². The van der Waals surface area contributed by atoms with Gasteiger partial charge >= 0.3 is 39.3 Å². The number of benzene rings is 2. The Morgan fingerprint density at radius 3 is 1.07 bits per heavy atom. The molecule has 0 saturated carbocycles. The summed E-state index contributed by atoms with van der Waals surface area (Å²) in [7, 11) is 8.71. The fraction of sp³-hybridized carbons (Fsp3) is 0.556.